The van der Waals surface area contributed by atoms with Gasteiger partial charge in [-0.15, -0.1) is 0 Å². The van der Waals surface area contributed by atoms with Crippen molar-refractivity contribution in [1.29, 1.82) is 0 Å². The number of hydrogen-bond acceptors (Lipinski definition) is 17. The lowest BCUT2D eigenvalue weighted by molar-refractivity contribution is -0.162. The number of unbranched alkanes of at least 4 members (excludes halogenated alkanes) is 2. The molecule has 0 fully saturated rings. The first-order chi connectivity index (χ1) is 32.3. The molecule has 67 heavy (non-hydrogen) atoms. The minimum Gasteiger partial charge on any atom is -0.444 e. The first kappa shape index (κ1) is 61.9. The second kappa shape index (κ2) is 41.8. The van der Waals surface area contributed by atoms with E-state index in [-0.39, 0.29) is 37.9 Å². The molecule has 1 rings (SSSR count). The molecule has 0 saturated carbocycles. The van der Waals surface area contributed by atoms with Gasteiger partial charge in [0, 0.05) is 23.1 Å². The van der Waals surface area contributed by atoms with Crippen LogP contribution in [0.3, 0.4) is 0 Å². The van der Waals surface area contributed by atoms with Crippen LogP contribution in [0, 0.1) is 3.57 Å². The van der Waals surface area contributed by atoms with Gasteiger partial charge in [0.05, 0.1) is 118 Å². The lowest BCUT2D eigenvalue weighted by Crippen LogP contribution is -2.42. The highest BCUT2D eigenvalue weighted by molar-refractivity contribution is 14.1. The van der Waals surface area contributed by atoms with E-state index in [0.29, 0.717) is 157 Å². The average Bonchev–Trinajstić information content (AvgIpc) is 3.28. The number of aryl methyl sites for hydroxylation is 1. The lowest BCUT2D eigenvalue weighted by atomic mass is 10.1. The topological polar surface area (TPSA) is 266 Å². The molecule has 21 heteroatoms. The molecule has 1 aromatic rings. The summed E-state index contributed by atoms with van der Waals surface area (Å²) in [7, 11) is 0. The maximum absolute atomic E-state index is 12.7. The number of amides is 3. The van der Waals surface area contributed by atoms with Crippen molar-refractivity contribution in [2.75, 3.05) is 125 Å². The highest BCUT2D eigenvalue weighted by Gasteiger charge is 2.24. The van der Waals surface area contributed by atoms with Crippen LogP contribution in [0.1, 0.15) is 84.1 Å². The van der Waals surface area contributed by atoms with Crippen molar-refractivity contribution >= 4 is 52.4 Å². The van der Waals surface area contributed by atoms with E-state index in [1.807, 2.05) is 24.3 Å². The summed E-state index contributed by atoms with van der Waals surface area (Å²) >= 11 is 2.24. The molecular formula is C46H80IN5O15. The van der Waals surface area contributed by atoms with Crippen molar-refractivity contribution < 1.29 is 71.3 Å². The largest absolute Gasteiger partial charge is 0.444 e. The third kappa shape index (κ3) is 39.4. The number of carbonyl (C=O) groups excluding carboxylic acids is 5. The molecule has 386 valence electrons. The standard InChI is InChI=1S/C46H80IN5O15/c1-46(2,3)67-45(57)51-19-7-5-10-39(49)43(55)50-20-22-59-24-26-61-28-30-63-32-34-65-36-35-64-33-31-62-29-27-60-25-23-58-21-17-42(54)66-44(56)40(11-4-6-18-48)52-41(53)12-8-9-37-13-15-38(47)16-14-37/h13-16,39-40H,4-12,17-36,48-49H2,1-3H3,(H,50,55)(H,51,57)(H,52,53)/t39-,40-/m0/s1. The average molecular weight is 1070 g/mol. The summed E-state index contributed by atoms with van der Waals surface area (Å²) in [6.07, 6.45) is 4.57. The van der Waals surface area contributed by atoms with Gasteiger partial charge in [-0.25, -0.2) is 9.59 Å². The predicted octanol–water partition coefficient (Wildman–Crippen LogP) is 2.96. The van der Waals surface area contributed by atoms with Crippen molar-refractivity contribution in [1.82, 2.24) is 16.0 Å². The molecule has 0 radical (unpaired) electrons. The Morgan fingerprint density at radius 1 is 0.597 bits per heavy atom. The summed E-state index contributed by atoms with van der Waals surface area (Å²) in [6.45, 7) is 12.6. The highest BCUT2D eigenvalue weighted by Crippen LogP contribution is 2.11. The number of benzene rings is 1. The molecule has 7 N–H and O–H groups in total. The van der Waals surface area contributed by atoms with E-state index in [2.05, 4.69) is 38.5 Å². The van der Waals surface area contributed by atoms with Crippen LogP contribution < -0.4 is 27.4 Å². The first-order valence-corrected chi connectivity index (χ1v) is 24.5. The van der Waals surface area contributed by atoms with E-state index >= 15 is 0 Å². The number of nitrogens with two attached hydrogens (primary N) is 2. The predicted molar refractivity (Wildman–Crippen MR) is 258 cm³/mol. The Labute approximate surface area is 411 Å². The summed E-state index contributed by atoms with van der Waals surface area (Å²) in [5, 5.41) is 8.17. The monoisotopic (exact) mass is 1070 g/mol. The van der Waals surface area contributed by atoms with Crippen LogP contribution >= 0.6 is 22.6 Å². The smallest absolute Gasteiger partial charge is 0.407 e. The molecule has 0 saturated heterocycles. The number of ether oxygens (including phenoxy) is 10. The highest BCUT2D eigenvalue weighted by atomic mass is 127. The van der Waals surface area contributed by atoms with Gasteiger partial charge in [0.15, 0.2) is 0 Å². The fourth-order valence-corrected chi connectivity index (χ4v) is 6.01. The van der Waals surface area contributed by atoms with Crippen LogP contribution in [0.25, 0.3) is 0 Å². The zero-order valence-electron chi connectivity index (χ0n) is 40.1. The third-order valence-electron chi connectivity index (χ3n) is 9.11. The van der Waals surface area contributed by atoms with E-state index in [0.717, 1.165) is 15.6 Å². The number of esters is 2. The van der Waals surface area contributed by atoms with Gasteiger partial charge in [0.2, 0.25) is 11.8 Å². The van der Waals surface area contributed by atoms with Crippen molar-refractivity contribution in [3.8, 4) is 0 Å². The van der Waals surface area contributed by atoms with E-state index in [1.54, 1.807) is 20.8 Å². The zero-order chi connectivity index (χ0) is 49.2. The van der Waals surface area contributed by atoms with Gasteiger partial charge in [-0.2, -0.15) is 0 Å². The van der Waals surface area contributed by atoms with Crippen molar-refractivity contribution in [3.05, 3.63) is 33.4 Å². The van der Waals surface area contributed by atoms with Gasteiger partial charge in [-0.1, -0.05) is 12.1 Å². The molecule has 2 atom stereocenters. The fourth-order valence-electron chi connectivity index (χ4n) is 5.65. The van der Waals surface area contributed by atoms with Gasteiger partial charge in [0.1, 0.15) is 11.6 Å². The van der Waals surface area contributed by atoms with Crippen LogP contribution in [0.15, 0.2) is 24.3 Å². The van der Waals surface area contributed by atoms with Gasteiger partial charge < -0.3 is 74.8 Å². The second-order valence-corrected chi connectivity index (χ2v) is 17.4. The Balaban J connectivity index is 1.87. The Hall–Kier alpha value is -3.10. The lowest BCUT2D eigenvalue weighted by Gasteiger charge is -2.19. The Morgan fingerprint density at radius 3 is 1.60 bits per heavy atom. The maximum Gasteiger partial charge on any atom is 0.407 e. The Bertz CT molecular complexity index is 1440. The van der Waals surface area contributed by atoms with Crippen molar-refractivity contribution in [2.24, 2.45) is 11.5 Å². The summed E-state index contributed by atoms with van der Waals surface area (Å²) in [4.78, 5) is 61.3. The van der Waals surface area contributed by atoms with Crippen molar-refractivity contribution in [2.45, 2.75) is 103 Å². The van der Waals surface area contributed by atoms with Gasteiger partial charge >= 0.3 is 18.0 Å². The van der Waals surface area contributed by atoms with E-state index < -0.39 is 35.7 Å². The van der Waals surface area contributed by atoms with Gasteiger partial charge in [-0.05, 0) is 119 Å². The second-order valence-electron chi connectivity index (χ2n) is 16.1. The van der Waals surface area contributed by atoms with Gasteiger partial charge in [0.25, 0.3) is 0 Å². The Morgan fingerprint density at radius 2 is 1.09 bits per heavy atom. The molecule has 0 aliphatic carbocycles. The molecule has 0 aliphatic heterocycles. The molecule has 20 nitrogen and oxygen atoms in total. The van der Waals surface area contributed by atoms with Crippen LogP contribution in [0.4, 0.5) is 4.79 Å². The molecular weight excluding hydrogens is 989 g/mol. The zero-order valence-corrected chi connectivity index (χ0v) is 42.3. The molecule has 0 spiro atoms. The molecule has 0 aromatic heterocycles. The summed E-state index contributed by atoms with van der Waals surface area (Å²) in [5.41, 5.74) is 12.1. The number of rotatable bonds is 43. The molecule has 3 amide bonds. The summed E-state index contributed by atoms with van der Waals surface area (Å²) in [5.74, 6) is -2.02. The maximum atomic E-state index is 12.7. The summed E-state index contributed by atoms with van der Waals surface area (Å²) < 4.78 is 55.1. The molecule has 1 aromatic carbocycles. The normalized spacial score (nSPS) is 12.3. The molecule has 0 aliphatic rings. The minimum atomic E-state index is -0.922. The quantitative estimate of drug-likeness (QED) is 0.0272. The molecule has 0 heterocycles. The SMILES string of the molecule is CC(C)(C)OC(=O)NCCCC[C@H](N)C(=O)NCCOCCOCCOCCOCCOCCOCCOCCOCCC(=O)OC(=O)[C@H](CCCCN)NC(=O)CCCc1ccc(I)cc1. The minimum absolute atomic E-state index is 0.0577. The first-order valence-electron chi connectivity index (χ1n) is 23.4. The fraction of sp³-hybridized carbons (Fsp3) is 0.761. The number of nitrogens with one attached hydrogen (secondary N) is 3. The van der Waals surface area contributed by atoms with Crippen LogP contribution in [0.5, 0.6) is 0 Å². The van der Waals surface area contributed by atoms with E-state index in [4.69, 9.17) is 58.8 Å². The number of halogens is 1. The number of alkyl carbamates (subject to hydrolysis) is 1. The van der Waals surface area contributed by atoms with Crippen LogP contribution in [0.2, 0.25) is 0 Å². The van der Waals surface area contributed by atoms with Crippen LogP contribution in [-0.2, 0) is 73.0 Å². The summed E-state index contributed by atoms with van der Waals surface area (Å²) in [6, 6.07) is 6.56. The third-order valence-corrected chi connectivity index (χ3v) is 9.83. The molecule has 0 unspecified atom stereocenters. The van der Waals surface area contributed by atoms with E-state index in [1.165, 1.54) is 0 Å². The molecule has 0 bridgehead atoms. The van der Waals surface area contributed by atoms with E-state index in [9.17, 15) is 24.0 Å². The number of carbonyl (C=O) groups is 5. The van der Waals surface area contributed by atoms with Crippen LogP contribution in [-0.4, -0.2) is 173 Å². The Kier molecular flexibility index (Phi) is 38.7. The number of hydrogen-bond donors (Lipinski definition) is 5. The van der Waals surface area contributed by atoms with Gasteiger partial charge in [-0.3, -0.25) is 14.4 Å². The van der Waals surface area contributed by atoms with Crippen molar-refractivity contribution in [3.63, 3.8) is 0 Å².